The first-order chi connectivity index (χ1) is 6.81. The Morgan fingerprint density at radius 2 is 2.57 bits per heavy atom. The Kier molecular flexibility index (Phi) is 2.37. The predicted octanol–water partition coefficient (Wildman–Crippen LogP) is 1.45. The molecule has 1 fully saturated rings. The predicted molar refractivity (Wildman–Crippen MR) is 47.5 cm³/mol. The lowest BCUT2D eigenvalue weighted by Gasteiger charge is -1.96. The smallest absolute Gasteiger partial charge is 0.330 e. The summed E-state index contributed by atoms with van der Waals surface area (Å²) in [6, 6.07) is 3.63. The van der Waals surface area contributed by atoms with E-state index in [1.54, 1.807) is 12.3 Å². The van der Waals surface area contributed by atoms with Crippen LogP contribution >= 0.6 is 0 Å². The van der Waals surface area contributed by atoms with Gasteiger partial charge < -0.3 is 13.9 Å². The number of epoxide rings is 1. The third-order valence-corrected chi connectivity index (χ3v) is 1.96. The van der Waals surface area contributed by atoms with Crippen molar-refractivity contribution in [3.8, 4) is 0 Å². The van der Waals surface area contributed by atoms with Gasteiger partial charge in [0.1, 0.15) is 24.6 Å². The molecule has 1 saturated heterocycles. The lowest BCUT2D eigenvalue weighted by Crippen LogP contribution is -2.07. The van der Waals surface area contributed by atoms with Crippen LogP contribution in [0.1, 0.15) is 11.9 Å². The van der Waals surface area contributed by atoms with Gasteiger partial charge in [0, 0.05) is 6.08 Å². The average molecular weight is 194 g/mol. The molecule has 1 aromatic rings. The van der Waals surface area contributed by atoms with Crippen molar-refractivity contribution in [3.63, 3.8) is 0 Å². The number of hydrogen-bond acceptors (Lipinski definition) is 4. The highest BCUT2D eigenvalue weighted by molar-refractivity contribution is 5.81. The lowest BCUT2D eigenvalue weighted by atomic mass is 10.2. The van der Waals surface area contributed by atoms with Crippen LogP contribution in [-0.4, -0.2) is 18.7 Å². The van der Waals surface area contributed by atoms with Crippen LogP contribution in [0.2, 0.25) is 0 Å². The van der Waals surface area contributed by atoms with E-state index in [4.69, 9.17) is 13.9 Å². The molecule has 14 heavy (non-hydrogen) atoms. The molecule has 0 radical (unpaired) electrons. The Morgan fingerprint density at radius 3 is 3.21 bits per heavy atom. The molecule has 0 aliphatic carbocycles. The molecular formula is C10H10O4. The van der Waals surface area contributed by atoms with Gasteiger partial charge in [0.25, 0.3) is 0 Å². The van der Waals surface area contributed by atoms with Gasteiger partial charge >= 0.3 is 5.97 Å². The number of furan rings is 1. The summed E-state index contributed by atoms with van der Waals surface area (Å²) in [7, 11) is 0. The van der Waals surface area contributed by atoms with E-state index in [-0.39, 0.29) is 18.8 Å². The van der Waals surface area contributed by atoms with Crippen LogP contribution in [0.5, 0.6) is 0 Å². The fourth-order valence-corrected chi connectivity index (χ4v) is 1.20. The monoisotopic (exact) mass is 194 g/mol. The van der Waals surface area contributed by atoms with Crippen molar-refractivity contribution < 1.29 is 18.7 Å². The third-order valence-electron chi connectivity index (χ3n) is 1.96. The van der Waals surface area contributed by atoms with E-state index in [1.165, 1.54) is 0 Å². The van der Waals surface area contributed by atoms with Crippen LogP contribution in [-0.2, 0) is 14.3 Å². The van der Waals surface area contributed by atoms with Crippen molar-refractivity contribution in [1.82, 2.24) is 0 Å². The van der Waals surface area contributed by atoms with Crippen LogP contribution in [0.15, 0.2) is 35.5 Å². The zero-order valence-electron chi connectivity index (χ0n) is 7.51. The zero-order valence-corrected chi connectivity index (χ0v) is 7.51. The van der Waals surface area contributed by atoms with Crippen LogP contribution in [0.4, 0.5) is 0 Å². The number of carbonyl (C=O) groups excluding carboxylic acids is 1. The Hall–Kier alpha value is -1.55. The van der Waals surface area contributed by atoms with Crippen LogP contribution < -0.4 is 0 Å². The largest absolute Gasteiger partial charge is 0.466 e. The van der Waals surface area contributed by atoms with Crippen molar-refractivity contribution in [2.75, 3.05) is 6.61 Å². The molecule has 0 saturated carbocycles. The van der Waals surface area contributed by atoms with Crippen LogP contribution in [0.3, 0.4) is 0 Å². The van der Waals surface area contributed by atoms with E-state index in [9.17, 15) is 4.79 Å². The fraction of sp³-hybridized carbons (Fsp3) is 0.300. The van der Waals surface area contributed by atoms with E-state index in [0.29, 0.717) is 0 Å². The van der Waals surface area contributed by atoms with E-state index >= 15 is 0 Å². The molecule has 0 spiro atoms. The number of rotatable bonds is 4. The minimum atomic E-state index is -0.432. The summed E-state index contributed by atoms with van der Waals surface area (Å²) in [6.45, 7) is 3.54. The van der Waals surface area contributed by atoms with Gasteiger partial charge in [-0.2, -0.15) is 0 Å². The molecule has 2 atom stereocenters. The van der Waals surface area contributed by atoms with Crippen molar-refractivity contribution >= 4 is 5.97 Å². The number of ether oxygens (including phenoxy) is 2. The highest BCUT2D eigenvalue weighted by Gasteiger charge is 2.43. The molecule has 2 rings (SSSR count). The second-order valence-electron chi connectivity index (χ2n) is 2.94. The maximum atomic E-state index is 10.7. The summed E-state index contributed by atoms with van der Waals surface area (Å²) in [4.78, 5) is 10.7. The zero-order chi connectivity index (χ0) is 9.97. The minimum absolute atomic E-state index is 0.0670. The Morgan fingerprint density at radius 1 is 1.71 bits per heavy atom. The molecule has 2 unspecified atom stereocenters. The Balaban J connectivity index is 1.77. The molecule has 74 valence electrons. The molecule has 1 aromatic heterocycles. The lowest BCUT2D eigenvalue weighted by molar-refractivity contribution is -0.138. The second-order valence-corrected chi connectivity index (χ2v) is 2.94. The van der Waals surface area contributed by atoms with E-state index < -0.39 is 5.97 Å². The first-order valence-corrected chi connectivity index (χ1v) is 4.29. The fourth-order valence-electron chi connectivity index (χ4n) is 1.20. The number of esters is 1. The highest BCUT2D eigenvalue weighted by atomic mass is 16.6. The Labute approximate surface area is 81.1 Å². The van der Waals surface area contributed by atoms with Crippen molar-refractivity contribution in [2.45, 2.75) is 12.2 Å². The highest BCUT2D eigenvalue weighted by Crippen LogP contribution is 2.38. The van der Waals surface area contributed by atoms with Gasteiger partial charge in [-0.25, -0.2) is 4.79 Å². The third kappa shape index (κ3) is 1.85. The summed E-state index contributed by atoms with van der Waals surface area (Å²) >= 11 is 0. The number of hydrogen-bond donors (Lipinski definition) is 0. The van der Waals surface area contributed by atoms with E-state index in [1.807, 2.05) is 6.07 Å². The van der Waals surface area contributed by atoms with Gasteiger partial charge in [0.15, 0.2) is 0 Å². The van der Waals surface area contributed by atoms with Gasteiger partial charge in [-0.15, -0.1) is 0 Å². The van der Waals surface area contributed by atoms with Crippen molar-refractivity contribution in [2.24, 2.45) is 0 Å². The molecule has 4 heteroatoms. The molecule has 0 N–H and O–H groups in total. The minimum Gasteiger partial charge on any atom is -0.466 e. The SMILES string of the molecule is C=CC(=O)OCC1OC1c1ccco1. The van der Waals surface area contributed by atoms with Gasteiger partial charge in [-0.1, -0.05) is 6.58 Å². The van der Waals surface area contributed by atoms with E-state index in [0.717, 1.165) is 11.8 Å². The summed E-state index contributed by atoms with van der Waals surface area (Å²) in [5.74, 6) is 0.336. The molecule has 0 amide bonds. The van der Waals surface area contributed by atoms with Crippen molar-refractivity contribution in [1.29, 1.82) is 0 Å². The molecule has 1 aliphatic heterocycles. The molecule has 1 aliphatic rings. The summed E-state index contributed by atoms with van der Waals surface area (Å²) in [6.07, 6.45) is 2.57. The maximum Gasteiger partial charge on any atom is 0.330 e. The second kappa shape index (κ2) is 3.67. The van der Waals surface area contributed by atoms with Gasteiger partial charge in [0.2, 0.25) is 0 Å². The standard InChI is InChI=1S/C10H10O4/c1-2-9(11)13-6-8-10(14-8)7-4-3-5-12-7/h2-5,8,10H,1,6H2. The maximum absolute atomic E-state index is 10.7. The van der Waals surface area contributed by atoms with Crippen LogP contribution in [0, 0.1) is 0 Å². The normalized spacial score (nSPS) is 24.3. The van der Waals surface area contributed by atoms with Gasteiger partial charge in [-0.05, 0) is 12.1 Å². The summed E-state index contributed by atoms with van der Waals surface area (Å²) in [5, 5.41) is 0. The van der Waals surface area contributed by atoms with Crippen molar-refractivity contribution in [3.05, 3.63) is 36.8 Å². The summed E-state index contributed by atoms with van der Waals surface area (Å²) < 4.78 is 15.2. The molecule has 0 aromatic carbocycles. The first kappa shape index (κ1) is 9.02. The van der Waals surface area contributed by atoms with E-state index in [2.05, 4.69) is 6.58 Å². The number of carbonyl (C=O) groups is 1. The topological polar surface area (TPSA) is 52.0 Å². The molecule has 2 heterocycles. The van der Waals surface area contributed by atoms with Gasteiger partial charge in [0.05, 0.1) is 6.26 Å². The molecular weight excluding hydrogens is 184 g/mol. The first-order valence-electron chi connectivity index (χ1n) is 4.29. The van der Waals surface area contributed by atoms with Gasteiger partial charge in [-0.3, -0.25) is 0 Å². The Bertz CT molecular complexity index is 328. The quantitative estimate of drug-likeness (QED) is 0.413. The van der Waals surface area contributed by atoms with Crippen LogP contribution in [0.25, 0.3) is 0 Å². The molecule has 4 nitrogen and oxygen atoms in total. The summed E-state index contributed by atoms with van der Waals surface area (Å²) in [5.41, 5.74) is 0. The average Bonchev–Trinajstić information content (AvgIpc) is 2.77. The molecule has 0 bridgehead atoms.